The fourth-order valence-electron chi connectivity index (χ4n) is 3.55. The number of rotatable bonds is 4. The Morgan fingerprint density at radius 2 is 1.62 bits per heavy atom. The van der Waals surface area contributed by atoms with E-state index >= 15 is 0 Å². The van der Waals surface area contributed by atoms with Crippen molar-refractivity contribution in [2.45, 2.75) is 71.3 Å². The van der Waals surface area contributed by atoms with Gasteiger partial charge in [-0.2, -0.15) is 0 Å². The van der Waals surface area contributed by atoms with Crippen molar-refractivity contribution < 1.29 is 13.9 Å². The summed E-state index contributed by atoms with van der Waals surface area (Å²) in [4.78, 5) is 2.08. The molecule has 0 radical (unpaired) electrons. The van der Waals surface area contributed by atoms with Crippen LogP contribution < -0.4 is 5.32 Å². The smallest absolute Gasteiger partial charge is 0.240 e. The van der Waals surface area contributed by atoms with E-state index in [2.05, 4.69) is 31.0 Å². The zero-order chi connectivity index (χ0) is 19.7. The summed E-state index contributed by atoms with van der Waals surface area (Å²) in [5.41, 5.74) is 2.16. The molecular formula is C21H34F2N2O. The third-order valence-corrected chi connectivity index (χ3v) is 5.17. The molecule has 1 aromatic carbocycles. The number of piperazine rings is 1. The Hall–Kier alpha value is -1.20. The minimum Gasteiger partial charge on any atom is -0.507 e. The molecule has 1 atom stereocenters. The average Bonchev–Trinajstić information content (AvgIpc) is 2.51. The molecule has 1 saturated heterocycles. The van der Waals surface area contributed by atoms with Crippen LogP contribution in [-0.4, -0.2) is 42.6 Å². The molecule has 5 heteroatoms. The van der Waals surface area contributed by atoms with Gasteiger partial charge in [-0.15, -0.1) is 0 Å². The van der Waals surface area contributed by atoms with Crippen LogP contribution in [0.4, 0.5) is 8.78 Å². The number of halogens is 2. The molecule has 0 aliphatic carbocycles. The van der Waals surface area contributed by atoms with Gasteiger partial charge in [-0.1, -0.05) is 47.6 Å². The summed E-state index contributed by atoms with van der Waals surface area (Å²) in [6, 6.07) is 3.51. The van der Waals surface area contributed by atoms with Gasteiger partial charge in [0.1, 0.15) is 5.75 Å². The second-order valence-electron chi connectivity index (χ2n) is 9.39. The number of nitrogens with one attached hydrogen (secondary N) is 1. The summed E-state index contributed by atoms with van der Waals surface area (Å²) in [5.74, 6) is 0.176. The van der Waals surface area contributed by atoms with Crippen molar-refractivity contribution in [3.63, 3.8) is 0 Å². The molecule has 1 fully saturated rings. The van der Waals surface area contributed by atoms with Crippen molar-refractivity contribution >= 4 is 0 Å². The first-order valence-electron chi connectivity index (χ1n) is 9.52. The Morgan fingerprint density at radius 1 is 1.04 bits per heavy atom. The van der Waals surface area contributed by atoms with Crippen LogP contribution in [0.2, 0.25) is 0 Å². The summed E-state index contributed by atoms with van der Waals surface area (Å²) in [5, 5.41) is 14.3. The van der Waals surface area contributed by atoms with Crippen LogP contribution in [0.5, 0.6) is 5.75 Å². The highest BCUT2D eigenvalue weighted by Gasteiger charge is 2.32. The minimum atomic E-state index is -2.41. The predicted octanol–water partition coefficient (Wildman–Crippen LogP) is 4.59. The Kier molecular flexibility index (Phi) is 6.34. The van der Waals surface area contributed by atoms with Crippen molar-refractivity contribution in [2.24, 2.45) is 0 Å². The van der Waals surface area contributed by atoms with Crippen LogP contribution in [0.25, 0.3) is 0 Å². The lowest BCUT2D eigenvalue weighted by Gasteiger charge is -2.37. The summed E-state index contributed by atoms with van der Waals surface area (Å²) in [7, 11) is 0. The van der Waals surface area contributed by atoms with Gasteiger partial charge < -0.3 is 10.4 Å². The fourth-order valence-corrected chi connectivity index (χ4v) is 3.55. The molecule has 3 nitrogen and oxygen atoms in total. The van der Waals surface area contributed by atoms with Gasteiger partial charge in [-0.3, -0.25) is 4.90 Å². The number of benzene rings is 1. The maximum atomic E-state index is 13.4. The Balaban J connectivity index is 2.61. The molecule has 2 rings (SSSR count). The van der Waals surface area contributed by atoms with Crippen molar-refractivity contribution in [1.29, 1.82) is 0 Å². The molecule has 0 amide bonds. The van der Waals surface area contributed by atoms with Crippen molar-refractivity contribution in [3.8, 4) is 5.75 Å². The van der Waals surface area contributed by atoms with Gasteiger partial charge in [-0.25, -0.2) is 8.78 Å². The van der Waals surface area contributed by atoms with E-state index in [0.717, 1.165) is 24.2 Å². The van der Waals surface area contributed by atoms with E-state index in [1.54, 1.807) is 0 Å². The van der Waals surface area contributed by atoms with E-state index in [4.69, 9.17) is 0 Å². The maximum Gasteiger partial charge on any atom is 0.240 e. The van der Waals surface area contributed by atoms with E-state index < -0.39 is 12.5 Å². The van der Waals surface area contributed by atoms with Gasteiger partial charge in [0.25, 0.3) is 0 Å². The molecule has 0 unspecified atom stereocenters. The minimum absolute atomic E-state index is 0.124. The second-order valence-corrected chi connectivity index (χ2v) is 9.39. The third kappa shape index (κ3) is 4.95. The number of nitrogens with zero attached hydrogens (tertiary/aromatic N) is 1. The molecule has 0 aromatic heterocycles. The molecule has 26 heavy (non-hydrogen) atoms. The molecule has 0 bridgehead atoms. The summed E-state index contributed by atoms with van der Waals surface area (Å²) in [6.07, 6.45) is -2.67. The summed E-state index contributed by atoms with van der Waals surface area (Å²) < 4.78 is 26.8. The van der Waals surface area contributed by atoms with Gasteiger partial charge in [0.05, 0.1) is 0 Å². The quantitative estimate of drug-likeness (QED) is 0.816. The van der Waals surface area contributed by atoms with Crippen LogP contribution >= 0.6 is 0 Å². The van der Waals surface area contributed by atoms with Gasteiger partial charge in [-0.05, 0) is 28.0 Å². The molecule has 1 heterocycles. The van der Waals surface area contributed by atoms with E-state index in [0.29, 0.717) is 18.7 Å². The van der Waals surface area contributed by atoms with E-state index in [-0.39, 0.29) is 23.0 Å². The van der Waals surface area contributed by atoms with Crippen LogP contribution in [0, 0.1) is 0 Å². The van der Waals surface area contributed by atoms with Crippen LogP contribution in [0.1, 0.15) is 70.7 Å². The molecule has 0 saturated carbocycles. The number of phenolic OH excluding ortho intramolecular Hbond substituents is 1. The highest BCUT2D eigenvalue weighted by molar-refractivity contribution is 5.50. The van der Waals surface area contributed by atoms with Gasteiger partial charge in [0, 0.05) is 44.2 Å². The number of hydrogen-bond donors (Lipinski definition) is 2. The Labute approximate surface area is 156 Å². The van der Waals surface area contributed by atoms with Gasteiger partial charge in [0.15, 0.2) is 0 Å². The second kappa shape index (κ2) is 7.81. The lowest BCUT2D eigenvalue weighted by atomic mass is 9.77. The van der Waals surface area contributed by atoms with Crippen molar-refractivity contribution in [1.82, 2.24) is 10.2 Å². The first-order valence-corrected chi connectivity index (χ1v) is 9.52. The zero-order valence-corrected chi connectivity index (χ0v) is 17.0. The molecule has 1 aliphatic rings. The summed E-state index contributed by atoms with van der Waals surface area (Å²) >= 11 is 0. The number of alkyl halides is 2. The standard InChI is InChI=1S/C21H34F2N2O/c1-20(2,3)14-11-15(19(26)16(12-14)21(4,5)6)17(13-18(22)23)25-9-7-24-8-10-25/h11-12,17-18,24,26H,7-10,13H2,1-6H3/t17-/m0/s1. The van der Waals surface area contributed by atoms with E-state index in [1.165, 1.54) is 0 Å². The molecule has 0 spiro atoms. The lowest BCUT2D eigenvalue weighted by molar-refractivity contribution is 0.0728. The zero-order valence-electron chi connectivity index (χ0n) is 17.0. The number of phenols is 1. The van der Waals surface area contributed by atoms with Crippen molar-refractivity contribution in [3.05, 3.63) is 28.8 Å². The molecular weight excluding hydrogens is 334 g/mol. The highest BCUT2D eigenvalue weighted by atomic mass is 19.3. The Morgan fingerprint density at radius 3 is 2.08 bits per heavy atom. The first-order chi connectivity index (χ1) is 11.9. The van der Waals surface area contributed by atoms with Gasteiger partial charge in [0.2, 0.25) is 6.43 Å². The maximum absolute atomic E-state index is 13.4. The molecule has 1 aromatic rings. The van der Waals surface area contributed by atoms with E-state index in [9.17, 15) is 13.9 Å². The SMILES string of the molecule is CC(C)(C)c1cc([C@H](CC(F)F)N2CCNCC2)c(O)c(C(C)(C)C)c1. The number of hydrogen-bond acceptors (Lipinski definition) is 3. The fraction of sp³-hybridized carbons (Fsp3) is 0.714. The van der Waals surface area contributed by atoms with Crippen molar-refractivity contribution in [2.75, 3.05) is 26.2 Å². The third-order valence-electron chi connectivity index (χ3n) is 5.17. The predicted molar refractivity (Wildman–Crippen MR) is 103 cm³/mol. The van der Waals surface area contributed by atoms with Crippen LogP contribution in [-0.2, 0) is 10.8 Å². The number of aromatic hydroxyl groups is 1. The Bertz CT molecular complexity index is 612. The molecule has 148 valence electrons. The van der Waals surface area contributed by atoms with Crippen LogP contribution in [0.3, 0.4) is 0 Å². The largest absolute Gasteiger partial charge is 0.507 e. The molecule has 2 N–H and O–H groups in total. The average molecular weight is 369 g/mol. The van der Waals surface area contributed by atoms with E-state index in [1.807, 2.05) is 32.9 Å². The van der Waals surface area contributed by atoms with Crippen LogP contribution in [0.15, 0.2) is 12.1 Å². The highest BCUT2D eigenvalue weighted by Crippen LogP contribution is 2.42. The topological polar surface area (TPSA) is 35.5 Å². The lowest BCUT2D eigenvalue weighted by Crippen LogP contribution is -2.45. The first kappa shape index (κ1) is 21.1. The monoisotopic (exact) mass is 368 g/mol. The molecule has 1 aliphatic heterocycles. The summed E-state index contributed by atoms with van der Waals surface area (Å²) in [6.45, 7) is 15.5. The van der Waals surface area contributed by atoms with Gasteiger partial charge >= 0.3 is 0 Å². The normalized spacial score (nSPS) is 18.3.